The SMILES string of the molecule is FC(F)(F)CC[SiH2][SiH3]. The van der Waals surface area contributed by atoms with Crippen molar-refractivity contribution in [3.05, 3.63) is 0 Å². The number of hydrogen-bond acceptors (Lipinski definition) is 0. The van der Waals surface area contributed by atoms with Crippen LogP contribution in [0.5, 0.6) is 0 Å². The fourth-order valence-electron chi connectivity index (χ4n) is 0.377. The van der Waals surface area contributed by atoms with E-state index in [2.05, 4.69) is 0 Å². The highest BCUT2D eigenvalue weighted by molar-refractivity contribution is 6.89. The first-order chi connectivity index (χ1) is 3.56. The molecule has 50 valence electrons. The van der Waals surface area contributed by atoms with Crippen molar-refractivity contribution < 1.29 is 13.2 Å². The molecule has 0 aliphatic heterocycles. The van der Waals surface area contributed by atoms with Crippen LogP contribution < -0.4 is 0 Å². The second-order valence-electron chi connectivity index (χ2n) is 1.72. The zero-order valence-electron chi connectivity index (χ0n) is 4.76. The third-order valence-electron chi connectivity index (χ3n) is 0.814. The van der Waals surface area contributed by atoms with Gasteiger partial charge in [-0.25, -0.2) is 0 Å². The van der Waals surface area contributed by atoms with E-state index in [-0.39, 0.29) is 9.04 Å². The second kappa shape index (κ2) is 3.29. The third-order valence-corrected chi connectivity index (χ3v) is 4.00. The fourth-order valence-corrected chi connectivity index (χ4v) is 2.19. The van der Waals surface area contributed by atoms with E-state index in [4.69, 9.17) is 0 Å². The van der Waals surface area contributed by atoms with E-state index < -0.39 is 12.6 Å². The van der Waals surface area contributed by atoms with Crippen LogP contribution >= 0.6 is 0 Å². The molecule has 8 heavy (non-hydrogen) atoms. The molecular weight excluding hydrogens is 149 g/mol. The van der Waals surface area contributed by atoms with Crippen molar-refractivity contribution in [2.75, 3.05) is 0 Å². The monoisotopic (exact) mass is 158 g/mol. The van der Waals surface area contributed by atoms with Gasteiger partial charge in [0.2, 0.25) is 0 Å². The van der Waals surface area contributed by atoms with Gasteiger partial charge in [-0.05, 0) is 9.76 Å². The zero-order valence-corrected chi connectivity index (χ0v) is 8.17. The maximum Gasteiger partial charge on any atom is 0.388 e. The van der Waals surface area contributed by atoms with Gasteiger partial charge in [0, 0.05) is 15.5 Å². The summed E-state index contributed by atoms with van der Waals surface area (Å²) in [7, 11) is 0.774. The van der Waals surface area contributed by atoms with Gasteiger partial charge in [0.25, 0.3) is 0 Å². The van der Waals surface area contributed by atoms with Crippen molar-refractivity contribution >= 4 is 18.8 Å². The first-order valence-corrected chi connectivity index (χ1v) is 9.28. The van der Waals surface area contributed by atoms with Gasteiger partial charge in [0.1, 0.15) is 0 Å². The lowest BCUT2D eigenvalue weighted by Gasteiger charge is -2.01. The Labute approximate surface area is 51.5 Å². The van der Waals surface area contributed by atoms with E-state index in [1.165, 1.54) is 0 Å². The molecule has 0 aliphatic carbocycles. The maximum atomic E-state index is 11.3. The lowest BCUT2D eigenvalue weighted by Crippen LogP contribution is -2.07. The van der Waals surface area contributed by atoms with E-state index in [0.717, 1.165) is 9.76 Å². The molecular formula is C3H9F3Si2. The summed E-state index contributed by atoms with van der Waals surface area (Å²) >= 11 is 0. The van der Waals surface area contributed by atoms with Crippen molar-refractivity contribution in [1.29, 1.82) is 0 Å². The molecule has 0 atom stereocenters. The lowest BCUT2D eigenvalue weighted by atomic mass is 10.5. The molecule has 0 bridgehead atoms. The minimum Gasteiger partial charge on any atom is -0.171 e. The summed E-state index contributed by atoms with van der Waals surface area (Å²) in [5.41, 5.74) is 0. The average Bonchev–Trinajstić information content (AvgIpc) is 1.59. The van der Waals surface area contributed by atoms with Crippen molar-refractivity contribution in [3.8, 4) is 0 Å². The van der Waals surface area contributed by atoms with Crippen LogP contribution in [0.2, 0.25) is 6.04 Å². The van der Waals surface area contributed by atoms with E-state index >= 15 is 0 Å². The summed E-state index contributed by atoms with van der Waals surface area (Å²) in [5, 5.41) is 0. The standard InChI is InChI=1S/C3H9F3Si2/c4-3(5,6)1-2-8-7/h1-2,8H2,7H3. The van der Waals surface area contributed by atoms with Crippen LogP contribution in [0.25, 0.3) is 0 Å². The largest absolute Gasteiger partial charge is 0.388 e. The Morgan fingerprint density at radius 3 is 2.00 bits per heavy atom. The van der Waals surface area contributed by atoms with Gasteiger partial charge >= 0.3 is 6.18 Å². The fraction of sp³-hybridized carbons (Fsp3) is 1.00. The Kier molecular flexibility index (Phi) is 3.38. The van der Waals surface area contributed by atoms with Gasteiger partial charge in [-0.3, -0.25) is 0 Å². The molecule has 0 heterocycles. The molecule has 0 spiro atoms. The van der Waals surface area contributed by atoms with Gasteiger partial charge in [0.15, 0.2) is 0 Å². The van der Waals surface area contributed by atoms with Gasteiger partial charge in [-0.1, -0.05) is 6.04 Å². The molecule has 0 saturated heterocycles. The molecule has 5 heteroatoms. The molecule has 0 saturated carbocycles. The van der Waals surface area contributed by atoms with E-state index in [1.54, 1.807) is 0 Å². The Hall–Kier alpha value is 0.224. The third kappa shape index (κ3) is 6.22. The lowest BCUT2D eigenvalue weighted by molar-refractivity contribution is -0.130. The van der Waals surface area contributed by atoms with Crippen LogP contribution in [-0.4, -0.2) is 25.0 Å². The van der Waals surface area contributed by atoms with Crippen molar-refractivity contribution in [2.45, 2.75) is 18.6 Å². The minimum absolute atomic E-state index is 0.247. The van der Waals surface area contributed by atoms with Crippen LogP contribution in [0.4, 0.5) is 13.2 Å². The Morgan fingerprint density at radius 2 is 1.88 bits per heavy atom. The molecule has 0 fully saturated rings. The number of hydrogen-bond donors (Lipinski definition) is 0. The summed E-state index contributed by atoms with van der Waals surface area (Å²) in [6.07, 6.45) is -4.43. The average molecular weight is 158 g/mol. The Morgan fingerprint density at radius 1 is 1.38 bits per heavy atom. The molecule has 0 aliphatic rings. The highest BCUT2D eigenvalue weighted by Gasteiger charge is 2.25. The Bertz CT molecular complexity index is 60.0. The number of rotatable bonds is 2. The molecule has 0 nitrogen and oxygen atoms in total. The van der Waals surface area contributed by atoms with Gasteiger partial charge in [-0.2, -0.15) is 13.2 Å². The van der Waals surface area contributed by atoms with Crippen LogP contribution in [-0.2, 0) is 0 Å². The van der Waals surface area contributed by atoms with Crippen LogP contribution in [0.3, 0.4) is 0 Å². The molecule has 0 radical (unpaired) electrons. The molecule has 0 aromatic heterocycles. The predicted octanol–water partition coefficient (Wildman–Crippen LogP) is -0.194. The van der Waals surface area contributed by atoms with Gasteiger partial charge < -0.3 is 0 Å². The first-order valence-electron chi connectivity index (χ1n) is 2.63. The maximum absolute atomic E-state index is 11.3. The normalized spacial score (nSPS) is 13.9. The smallest absolute Gasteiger partial charge is 0.171 e. The van der Waals surface area contributed by atoms with Gasteiger partial charge in [0.05, 0.1) is 0 Å². The van der Waals surface area contributed by atoms with E-state index in [1.807, 2.05) is 0 Å². The zero-order chi connectivity index (χ0) is 6.62. The van der Waals surface area contributed by atoms with E-state index in [0.29, 0.717) is 6.04 Å². The highest BCUT2D eigenvalue weighted by Crippen LogP contribution is 2.20. The summed E-state index contributed by atoms with van der Waals surface area (Å²) in [5.74, 6) is 0. The topological polar surface area (TPSA) is 0 Å². The molecule has 0 unspecified atom stereocenters. The second-order valence-corrected chi connectivity index (χ2v) is 6.43. The molecule has 0 aromatic carbocycles. The molecule has 0 amide bonds. The predicted molar refractivity (Wildman–Crippen MR) is 34.0 cm³/mol. The number of alkyl halides is 3. The summed E-state index contributed by atoms with van der Waals surface area (Å²) < 4.78 is 33.8. The Balaban J connectivity index is 3.11. The minimum atomic E-state index is -3.89. The number of halogens is 3. The van der Waals surface area contributed by atoms with Crippen LogP contribution in [0.1, 0.15) is 6.42 Å². The highest BCUT2D eigenvalue weighted by atomic mass is 29.1. The molecule has 0 N–H and O–H groups in total. The summed E-state index contributed by atoms with van der Waals surface area (Å²) in [6, 6.07) is 0.454. The first kappa shape index (κ1) is 8.22. The molecule has 0 aromatic rings. The van der Waals surface area contributed by atoms with E-state index in [9.17, 15) is 13.2 Å². The summed E-state index contributed by atoms with van der Waals surface area (Å²) in [4.78, 5) is 0. The quantitative estimate of drug-likeness (QED) is 0.489. The summed E-state index contributed by atoms with van der Waals surface area (Å²) in [6.45, 7) is 0. The van der Waals surface area contributed by atoms with Crippen molar-refractivity contribution in [3.63, 3.8) is 0 Å². The van der Waals surface area contributed by atoms with Crippen LogP contribution in [0, 0.1) is 0 Å². The van der Waals surface area contributed by atoms with Crippen molar-refractivity contribution in [2.24, 2.45) is 0 Å². The van der Waals surface area contributed by atoms with Crippen LogP contribution in [0.15, 0.2) is 0 Å². The van der Waals surface area contributed by atoms with Crippen molar-refractivity contribution in [1.82, 2.24) is 0 Å². The molecule has 0 rings (SSSR count). The van der Waals surface area contributed by atoms with Gasteiger partial charge in [-0.15, -0.1) is 0 Å².